The molecule has 1 aliphatic rings. The maximum atomic E-state index is 12.4. The number of thioether (sulfide) groups is 1. The zero-order valence-corrected chi connectivity index (χ0v) is 17.5. The van der Waals surface area contributed by atoms with E-state index in [9.17, 15) is 4.79 Å². The number of carbonyl (C=O) groups excluding carboxylic acids is 1. The van der Waals surface area contributed by atoms with Gasteiger partial charge in [-0.05, 0) is 49.1 Å². The number of rotatable bonds is 6. The largest absolute Gasteiger partial charge is 0.493 e. The molecule has 1 aromatic heterocycles. The Morgan fingerprint density at radius 2 is 2.14 bits per heavy atom. The number of hydrogen-bond donors (Lipinski definition) is 1. The van der Waals surface area contributed by atoms with Gasteiger partial charge in [-0.25, -0.2) is 4.98 Å². The fourth-order valence-electron chi connectivity index (χ4n) is 3.52. The van der Waals surface area contributed by atoms with Gasteiger partial charge in [0.25, 0.3) is 0 Å². The Bertz CT molecular complexity index is 1010. The van der Waals surface area contributed by atoms with Crippen LogP contribution in [0.15, 0.2) is 60.0 Å². The van der Waals surface area contributed by atoms with Crippen molar-refractivity contribution in [1.82, 2.24) is 14.9 Å². The highest BCUT2D eigenvalue weighted by Crippen LogP contribution is 2.27. The molecule has 0 bridgehead atoms. The van der Waals surface area contributed by atoms with Gasteiger partial charge in [0.05, 0.1) is 18.0 Å². The van der Waals surface area contributed by atoms with Crippen molar-refractivity contribution in [3.63, 3.8) is 0 Å². The molecule has 0 radical (unpaired) electrons. The normalized spacial score (nSPS) is 15.4. The molecule has 3 aromatic rings. The third-order valence-corrected chi connectivity index (χ3v) is 6.07. The second-order valence-electron chi connectivity index (χ2n) is 7.45. The number of amides is 1. The maximum Gasteiger partial charge on any atom is 0.230 e. The Hall–Kier alpha value is -2.73. The first-order valence-electron chi connectivity index (χ1n) is 9.81. The highest BCUT2D eigenvalue weighted by atomic mass is 32.2. The van der Waals surface area contributed by atoms with Crippen molar-refractivity contribution in [1.29, 1.82) is 0 Å². The molecule has 0 aliphatic carbocycles. The van der Waals surface area contributed by atoms with E-state index in [1.807, 2.05) is 29.0 Å². The van der Waals surface area contributed by atoms with Gasteiger partial charge in [-0.1, -0.05) is 42.1 Å². The molecule has 2 aromatic carbocycles. The predicted molar refractivity (Wildman–Crippen MR) is 116 cm³/mol. The molecule has 0 saturated heterocycles. The molecule has 0 fully saturated rings. The zero-order chi connectivity index (χ0) is 20.2. The van der Waals surface area contributed by atoms with Crippen molar-refractivity contribution in [2.24, 2.45) is 5.92 Å². The molecule has 5 nitrogen and oxygen atoms in total. The number of carbonyl (C=O) groups is 1. The van der Waals surface area contributed by atoms with Crippen molar-refractivity contribution in [2.45, 2.75) is 25.4 Å². The summed E-state index contributed by atoms with van der Waals surface area (Å²) in [6, 6.07) is 14.4. The summed E-state index contributed by atoms with van der Waals surface area (Å²) in [5.74, 6) is 1.62. The lowest BCUT2D eigenvalue weighted by Gasteiger charge is -2.25. The van der Waals surface area contributed by atoms with Crippen LogP contribution in [0.3, 0.4) is 0 Å². The number of benzene rings is 2. The van der Waals surface area contributed by atoms with E-state index in [1.165, 1.54) is 28.5 Å². The van der Waals surface area contributed by atoms with Crippen LogP contribution in [0.2, 0.25) is 0 Å². The zero-order valence-electron chi connectivity index (χ0n) is 16.7. The van der Waals surface area contributed by atoms with E-state index in [2.05, 4.69) is 48.4 Å². The second kappa shape index (κ2) is 8.74. The van der Waals surface area contributed by atoms with Gasteiger partial charge < -0.3 is 10.1 Å². The average Bonchev–Trinajstić information content (AvgIpc) is 3.20. The van der Waals surface area contributed by atoms with Gasteiger partial charge in [-0.2, -0.15) is 0 Å². The first-order chi connectivity index (χ1) is 14.1. The Kier molecular flexibility index (Phi) is 5.90. The molecule has 29 heavy (non-hydrogen) atoms. The smallest absolute Gasteiger partial charge is 0.230 e. The lowest BCUT2D eigenvalue weighted by molar-refractivity contribution is -0.118. The highest BCUT2D eigenvalue weighted by Gasteiger charge is 2.20. The summed E-state index contributed by atoms with van der Waals surface area (Å²) in [5.41, 5.74) is 4.69. The van der Waals surface area contributed by atoms with Crippen molar-refractivity contribution in [2.75, 3.05) is 18.9 Å². The molecule has 0 saturated carbocycles. The topological polar surface area (TPSA) is 56.2 Å². The van der Waals surface area contributed by atoms with E-state index in [1.54, 1.807) is 6.20 Å². The number of ether oxygens (including phenoxy) is 1. The number of nitrogens with one attached hydrogen (secondary N) is 1. The van der Waals surface area contributed by atoms with Gasteiger partial charge in [0.2, 0.25) is 5.91 Å². The van der Waals surface area contributed by atoms with E-state index < -0.39 is 0 Å². The second-order valence-corrected chi connectivity index (χ2v) is 8.39. The van der Waals surface area contributed by atoms with E-state index in [0.717, 1.165) is 23.0 Å². The Morgan fingerprint density at radius 3 is 3.03 bits per heavy atom. The molecule has 1 amide bonds. The van der Waals surface area contributed by atoms with Crippen LogP contribution < -0.4 is 10.1 Å². The summed E-state index contributed by atoms with van der Waals surface area (Å²) >= 11 is 1.45. The third-order valence-electron chi connectivity index (χ3n) is 5.11. The minimum atomic E-state index is 0.0179. The van der Waals surface area contributed by atoms with Crippen LogP contribution in [-0.2, 0) is 11.2 Å². The number of imidazole rings is 1. The minimum Gasteiger partial charge on any atom is -0.493 e. The van der Waals surface area contributed by atoms with Crippen LogP contribution in [-0.4, -0.2) is 34.4 Å². The van der Waals surface area contributed by atoms with Gasteiger partial charge >= 0.3 is 0 Å². The van der Waals surface area contributed by atoms with Crippen molar-refractivity contribution < 1.29 is 9.53 Å². The molecule has 1 atom stereocenters. The fraction of sp³-hybridized carbons (Fsp3) is 0.304. The van der Waals surface area contributed by atoms with E-state index >= 15 is 0 Å². The number of aromatic nitrogens is 2. The maximum absolute atomic E-state index is 12.4. The van der Waals surface area contributed by atoms with Crippen molar-refractivity contribution in [3.8, 4) is 11.4 Å². The SMILES string of the molecule is Cc1ccc(C)c(-n2ccnc2SCC(=O)NCC2COc3ccccc3C2)c1. The number of aryl methyl sites for hydroxylation is 2. The van der Waals surface area contributed by atoms with Crippen molar-refractivity contribution >= 4 is 17.7 Å². The van der Waals surface area contributed by atoms with E-state index in [4.69, 9.17) is 4.74 Å². The average molecular weight is 408 g/mol. The molecular weight excluding hydrogens is 382 g/mol. The Morgan fingerprint density at radius 1 is 1.28 bits per heavy atom. The van der Waals surface area contributed by atoms with Gasteiger partial charge in [-0.15, -0.1) is 0 Å². The minimum absolute atomic E-state index is 0.0179. The van der Waals surface area contributed by atoms with Crippen LogP contribution in [0, 0.1) is 19.8 Å². The summed E-state index contributed by atoms with van der Waals surface area (Å²) in [5, 5.41) is 3.87. The van der Waals surface area contributed by atoms with Crippen LogP contribution in [0.4, 0.5) is 0 Å². The molecule has 150 valence electrons. The van der Waals surface area contributed by atoms with Crippen LogP contribution in [0.25, 0.3) is 5.69 Å². The van der Waals surface area contributed by atoms with Gasteiger partial charge in [0.15, 0.2) is 5.16 Å². The number of para-hydroxylation sites is 1. The summed E-state index contributed by atoms with van der Waals surface area (Å²) in [6.45, 7) is 5.43. The molecule has 2 heterocycles. The number of hydrogen-bond acceptors (Lipinski definition) is 4. The molecule has 1 aliphatic heterocycles. The summed E-state index contributed by atoms with van der Waals surface area (Å²) < 4.78 is 7.85. The lowest BCUT2D eigenvalue weighted by atomic mass is 9.97. The van der Waals surface area contributed by atoms with Crippen LogP contribution in [0.5, 0.6) is 5.75 Å². The summed E-state index contributed by atoms with van der Waals surface area (Å²) in [4.78, 5) is 16.8. The molecule has 0 spiro atoms. The van der Waals surface area contributed by atoms with E-state index in [0.29, 0.717) is 24.8 Å². The van der Waals surface area contributed by atoms with Crippen molar-refractivity contribution in [3.05, 3.63) is 71.5 Å². The number of nitrogens with zero attached hydrogens (tertiary/aromatic N) is 2. The summed E-state index contributed by atoms with van der Waals surface area (Å²) in [7, 11) is 0. The Labute approximate surface area is 175 Å². The first kappa shape index (κ1) is 19.6. The highest BCUT2D eigenvalue weighted by molar-refractivity contribution is 7.99. The summed E-state index contributed by atoms with van der Waals surface area (Å²) in [6.07, 6.45) is 4.65. The molecular formula is C23H25N3O2S. The monoisotopic (exact) mass is 407 g/mol. The van der Waals surface area contributed by atoms with Gasteiger partial charge in [0, 0.05) is 24.9 Å². The van der Waals surface area contributed by atoms with Crippen LogP contribution >= 0.6 is 11.8 Å². The van der Waals surface area contributed by atoms with Gasteiger partial charge in [0.1, 0.15) is 5.75 Å². The molecule has 6 heteroatoms. The van der Waals surface area contributed by atoms with Gasteiger partial charge in [-0.3, -0.25) is 9.36 Å². The quantitative estimate of drug-likeness (QED) is 0.629. The lowest BCUT2D eigenvalue weighted by Crippen LogP contribution is -2.35. The standard InChI is InChI=1S/C23H25N3O2S/c1-16-7-8-17(2)20(11-16)26-10-9-24-23(26)29-15-22(27)25-13-18-12-19-5-3-4-6-21(19)28-14-18/h3-11,18H,12-15H2,1-2H3,(H,25,27). The fourth-order valence-corrected chi connectivity index (χ4v) is 4.32. The first-order valence-corrected chi connectivity index (χ1v) is 10.8. The number of fused-ring (bicyclic) bond motifs is 1. The van der Waals surface area contributed by atoms with E-state index in [-0.39, 0.29) is 5.91 Å². The predicted octanol–water partition coefficient (Wildman–Crippen LogP) is 3.95. The molecule has 1 N–H and O–H groups in total. The Balaban J connectivity index is 1.31. The van der Waals surface area contributed by atoms with Crippen LogP contribution in [0.1, 0.15) is 16.7 Å². The molecule has 1 unspecified atom stereocenters. The molecule has 4 rings (SSSR count). The third kappa shape index (κ3) is 4.65.